The summed E-state index contributed by atoms with van der Waals surface area (Å²) in [6.07, 6.45) is 9.61. The van der Waals surface area contributed by atoms with Crippen LogP contribution in [0.3, 0.4) is 0 Å². The van der Waals surface area contributed by atoms with Crippen molar-refractivity contribution in [2.24, 2.45) is 50.2 Å². The fourth-order valence-corrected chi connectivity index (χ4v) is 10.7. The van der Waals surface area contributed by atoms with Gasteiger partial charge in [0.1, 0.15) is 5.78 Å². The van der Waals surface area contributed by atoms with Crippen LogP contribution in [-0.4, -0.2) is 38.4 Å². The van der Waals surface area contributed by atoms with E-state index in [1.54, 1.807) is 7.11 Å². The Hall–Kier alpha value is -1.49. The van der Waals surface area contributed by atoms with Crippen LogP contribution in [0.25, 0.3) is 0 Å². The van der Waals surface area contributed by atoms with Crippen LogP contribution in [-0.2, 0) is 23.9 Å². The van der Waals surface area contributed by atoms with E-state index in [2.05, 4.69) is 41.5 Å². The molecule has 5 rings (SSSR count). The van der Waals surface area contributed by atoms with E-state index in [0.717, 1.165) is 51.4 Å². The van der Waals surface area contributed by atoms with Gasteiger partial charge in [0, 0.05) is 19.4 Å². The number of fused-ring (bicyclic) bond motifs is 7. The number of methoxy groups -OCH3 is 2. The van der Waals surface area contributed by atoms with Crippen molar-refractivity contribution in [3.8, 4) is 0 Å². The lowest BCUT2D eigenvalue weighted by Gasteiger charge is -2.69. The molecular weight excluding hydrogens is 464 g/mol. The Morgan fingerprint density at radius 1 is 0.946 bits per heavy atom. The first-order valence-electron chi connectivity index (χ1n) is 14.5. The molecule has 0 aromatic carbocycles. The van der Waals surface area contributed by atoms with Crippen molar-refractivity contribution in [2.45, 2.75) is 99.3 Å². The Morgan fingerprint density at radius 3 is 2.27 bits per heavy atom. The van der Waals surface area contributed by atoms with E-state index >= 15 is 0 Å². The molecule has 4 saturated carbocycles. The monoisotopic (exact) mass is 512 g/mol. The number of rotatable bonds is 3. The zero-order chi connectivity index (χ0) is 27.2. The molecule has 0 saturated heterocycles. The van der Waals surface area contributed by atoms with E-state index < -0.39 is 10.8 Å². The Kier molecular flexibility index (Phi) is 6.05. The third-order valence-corrected chi connectivity index (χ3v) is 13.0. The summed E-state index contributed by atoms with van der Waals surface area (Å²) in [6, 6.07) is 0. The van der Waals surface area contributed by atoms with Gasteiger partial charge in [-0.15, -0.1) is 0 Å². The molecule has 0 aromatic heterocycles. The second-order valence-corrected chi connectivity index (χ2v) is 15.1. The molecule has 0 aliphatic heterocycles. The number of carbonyl (C=O) groups is 3. The maximum atomic E-state index is 14.4. The van der Waals surface area contributed by atoms with Crippen LogP contribution in [0.2, 0.25) is 0 Å². The number of hydrogen-bond acceptors (Lipinski definition) is 5. The van der Waals surface area contributed by atoms with Crippen molar-refractivity contribution in [3.63, 3.8) is 0 Å². The zero-order valence-corrected chi connectivity index (χ0v) is 24.4. The Balaban J connectivity index is 1.64. The van der Waals surface area contributed by atoms with Crippen molar-refractivity contribution in [2.75, 3.05) is 20.8 Å². The molecule has 0 N–H and O–H groups in total. The van der Waals surface area contributed by atoms with Crippen molar-refractivity contribution < 1.29 is 23.9 Å². The third kappa shape index (κ3) is 3.34. The maximum Gasteiger partial charge on any atom is 0.312 e. The van der Waals surface area contributed by atoms with Gasteiger partial charge in [-0.1, -0.05) is 47.1 Å². The Labute approximate surface area is 223 Å². The highest BCUT2D eigenvalue weighted by Gasteiger charge is 2.71. The molecule has 37 heavy (non-hydrogen) atoms. The van der Waals surface area contributed by atoms with Gasteiger partial charge in [-0.3, -0.25) is 14.4 Å². The highest BCUT2D eigenvalue weighted by molar-refractivity contribution is 5.96. The largest absolute Gasteiger partial charge is 0.469 e. The summed E-state index contributed by atoms with van der Waals surface area (Å²) in [5.41, 5.74) is -0.283. The molecule has 1 unspecified atom stereocenters. The molecule has 5 aliphatic carbocycles. The number of hydrogen-bond donors (Lipinski definition) is 0. The normalized spacial score (nSPS) is 48.6. The average molecular weight is 513 g/mol. The van der Waals surface area contributed by atoms with Crippen molar-refractivity contribution in [1.82, 2.24) is 0 Å². The van der Waals surface area contributed by atoms with Crippen LogP contribution in [0, 0.1) is 50.2 Å². The third-order valence-electron chi connectivity index (χ3n) is 13.0. The van der Waals surface area contributed by atoms with Gasteiger partial charge < -0.3 is 9.47 Å². The summed E-state index contributed by atoms with van der Waals surface area (Å²) in [6.45, 7) is 14.2. The van der Waals surface area contributed by atoms with E-state index in [4.69, 9.17) is 9.47 Å². The topological polar surface area (TPSA) is 69.7 Å². The molecule has 206 valence electrons. The number of ether oxygens (including phenoxy) is 2. The van der Waals surface area contributed by atoms with Crippen LogP contribution < -0.4 is 0 Å². The smallest absolute Gasteiger partial charge is 0.312 e. The Bertz CT molecular complexity index is 1060. The first kappa shape index (κ1) is 27.1. The quantitative estimate of drug-likeness (QED) is 0.413. The van der Waals surface area contributed by atoms with Crippen LogP contribution >= 0.6 is 0 Å². The van der Waals surface area contributed by atoms with Crippen molar-refractivity contribution in [3.05, 3.63) is 11.6 Å². The van der Waals surface area contributed by atoms with E-state index in [0.29, 0.717) is 18.8 Å². The van der Waals surface area contributed by atoms with Crippen molar-refractivity contribution in [1.29, 1.82) is 0 Å². The summed E-state index contributed by atoms with van der Waals surface area (Å²) in [7, 11) is 3.20. The predicted octanol–water partition coefficient (Wildman–Crippen LogP) is 6.34. The first-order chi connectivity index (χ1) is 17.2. The first-order valence-corrected chi connectivity index (χ1v) is 14.5. The lowest BCUT2D eigenvalue weighted by molar-refractivity contribution is -0.193. The number of esters is 1. The molecule has 0 aromatic rings. The van der Waals surface area contributed by atoms with E-state index in [-0.39, 0.29) is 51.2 Å². The number of Topliss-reactive ketones (excluding diaryl/α,β-unsaturated/α-hetero) is 1. The summed E-state index contributed by atoms with van der Waals surface area (Å²) >= 11 is 0. The van der Waals surface area contributed by atoms with Crippen LogP contribution in [0.15, 0.2) is 11.6 Å². The summed E-state index contributed by atoms with van der Waals surface area (Å²) in [5, 5.41) is 0. The van der Waals surface area contributed by atoms with Gasteiger partial charge in [0.25, 0.3) is 0 Å². The van der Waals surface area contributed by atoms with Crippen LogP contribution in [0.4, 0.5) is 0 Å². The summed E-state index contributed by atoms with van der Waals surface area (Å²) < 4.78 is 11.0. The minimum Gasteiger partial charge on any atom is -0.469 e. The molecule has 5 nitrogen and oxygen atoms in total. The zero-order valence-electron chi connectivity index (χ0n) is 24.4. The molecule has 8 atom stereocenters. The number of ketones is 2. The highest BCUT2D eigenvalue weighted by Crippen LogP contribution is 2.75. The van der Waals surface area contributed by atoms with Gasteiger partial charge >= 0.3 is 5.97 Å². The molecule has 0 amide bonds. The van der Waals surface area contributed by atoms with Crippen molar-refractivity contribution >= 4 is 17.5 Å². The molecule has 0 spiro atoms. The lowest BCUT2D eigenvalue weighted by atomic mass is 9.34. The van der Waals surface area contributed by atoms with Crippen LogP contribution in [0.5, 0.6) is 0 Å². The second kappa shape index (κ2) is 8.26. The van der Waals surface area contributed by atoms with E-state index in [9.17, 15) is 14.4 Å². The minimum absolute atomic E-state index is 0.00166. The molecule has 0 heterocycles. The fourth-order valence-electron chi connectivity index (χ4n) is 10.7. The van der Waals surface area contributed by atoms with Gasteiger partial charge in [0.05, 0.1) is 24.5 Å². The van der Waals surface area contributed by atoms with Gasteiger partial charge in [-0.25, -0.2) is 0 Å². The number of carbonyl (C=O) groups excluding carboxylic acids is 3. The standard InChI is InChI=1S/C32H48O5/c1-27(2)13-15-32(26(35)37-8)16-14-31(6)25(20(32)18-27)21(33)17-23-28(3)11-10-24(34)29(4,19-36-7)22(28)9-12-30(23,31)5/h17,20,22,25H,9-16,18-19H2,1-8H3/t20-,22?,25-,28-,29-,30+,31+,32-/m0/s1. The average Bonchev–Trinajstić information content (AvgIpc) is 2.82. The van der Waals surface area contributed by atoms with Gasteiger partial charge in [-0.05, 0) is 90.9 Å². The van der Waals surface area contributed by atoms with E-state index in [1.807, 2.05) is 6.08 Å². The predicted molar refractivity (Wildman–Crippen MR) is 143 cm³/mol. The highest BCUT2D eigenvalue weighted by atomic mass is 16.5. The SMILES string of the molecule is COC[C@]1(C)C(=O)CC[C@]2(C)C3=CC(=O)[C@@H]4[C@@H]5CC(C)(C)CC[C@]5(C(=O)OC)CC[C@@]4(C)[C@]3(C)CCC12. The lowest BCUT2D eigenvalue weighted by Crippen LogP contribution is -2.66. The van der Waals surface area contributed by atoms with Gasteiger partial charge in [-0.2, -0.15) is 0 Å². The minimum atomic E-state index is -0.554. The molecular formula is C32H48O5. The van der Waals surface area contributed by atoms with Gasteiger partial charge in [0.15, 0.2) is 5.78 Å². The summed E-state index contributed by atoms with van der Waals surface area (Å²) in [5.74, 6) is 0.390. The maximum absolute atomic E-state index is 14.4. The Morgan fingerprint density at radius 2 is 1.62 bits per heavy atom. The molecule has 0 radical (unpaired) electrons. The molecule has 5 heteroatoms. The number of allylic oxidation sites excluding steroid dienone is 2. The summed E-state index contributed by atoms with van der Waals surface area (Å²) in [4.78, 5) is 41.0. The molecule has 0 bridgehead atoms. The fraction of sp³-hybridized carbons (Fsp3) is 0.844. The van der Waals surface area contributed by atoms with Gasteiger partial charge in [0.2, 0.25) is 0 Å². The van der Waals surface area contributed by atoms with E-state index in [1.165, 1.54) is 12.7 Å². The molecule has 5 aliphatic rings. The second-order valence-electron chi connectivity index (χ2n) is 15.1. The molecule has 4 fully saturated rings. The van der Waals surface area contributed by atoms with Crippen LogP contribution in [0.1, 0.15) is 99.3 Å².